The van der Waals surface area contributed by atoms with E-state index in [4.69, 9.17) is 0 Å². The smallest absolute Gasteiger partial charge is 0.226 e. The minimum absolute atomic E-state index is 0.215. The van der Waals surface area contributed by atoms with Crippen molar-refractivity contribution in [1.29, 1.82) is 0 Å². The third-order valence-corrected chi connectivity index (χ3v) is 1.25. The molecule has 10 heavy (non-hydrogen) atoms. The third kappa shape index (κ3) is 2.67. The monoisotopic (exact) mass is 141 g/mol. The van der Waals surface area contributed by atoms with E-state index in [2.05, 4.69) is 0 Å². The van der Waals surface area contributed by atoms with Gasteiger partial charge in [0.05, 0.1) is 0 Å². The molecular weight excluding hydrogens is 126 g/mol. The van der Waals surface area contributed by atoms with E-state index < -0.39 is 0 Å². The first kappa shape index (κ1) is 9.21. The van der Waals surface area contributed by atoms with Crippen LogP contribution in [0.15, 0.2) is 12.3 Å². The number of hydrogen-bond acceptors (Lipinski definition) is 1. The minimum Gasteiger partial charge on any atom is -0.322 e. The van der Waals surface area contributed by atoms with Crippen molar-refractivity contribution in [2.24, 2.45) is 0 Å². The molecule has 0 aliphatic carbocycles. The molecule has 0 saturated heterocycles. The maximum absolute atomic E-state index is 10.7. The van der Waals surface area contributed by atoms with E-state index in [-0.39, 0.29) is 5.91 Å². The maximum atomic E-state index is 10.7. The lowest BCUT2D eigenvalue weighted by atomic mass is 10.2. The molecular formula is C8H15NO. The quantitative estimate of drug-likeness (QED) is 0.503. The molecule has 1 amide bonds. The fourth-order valence-corrected chi connectivity index (χ4v) is 0.699. The fourth-order valence-electron chi connectivity index (χ4n) is 0.699. The van der Waals surface area contributed by atoms with Gasteiger partial charge >= 0.3 is 0 Å². The first-order valence-electron chi connectivity index (χ1n) is 3.73. The van der Waals surface area contributed by atoms with Gasteiger partial charge in [0, 0.05) is 19.7 Å². The van der Waals surface area contributed by atoms with Crippen LogP contribution in [0.5, 0.6) is 0 Å². The molecule has 0 fully saturated rings. The Morgan fingerprint density at radius 3 is 2.40 bits per heavy atom. The molecule has 0 bridgehead atoms. The highest BCUT2D eigenvalue weighted by Gasteiger charge is 2.06. The lowest BCUT2D eigenvalue weighted by Gasteiger charge is -2.14. The molecule has 0 saturated carbocycles. The molecule has 0 aromatic heterocycles. The zero-order chi connectivity index (χ0) is 7.98. The summed E-state index contributed by atoms with van der Waals surface area (Å²) >= 11 is 0. The molecule has 1 aliphatic rings. The second-order valence-electron chi connectivity index (χ2n) is 1.93. The van der Waals surface area contributed by atoms with Crippen LogP contribution in [0.25, 0.3) is 0 Å². The van der Waals surface area contributed by atoms with Crippen molar-refractivity contribution in [3.63, 3.8) is 0 Å². The molecule has 0 N–H and O–H groups in total. The van der Waals surface area contributed by atoms with E-state index in [1.54, 1.807) is 11.9 Å². The molecule has 1 heterocycles. The minimum atomic E-state index is 0.215. The van der Waals surface area contributed by atoms with Crippen molar-refractivity contribution in [3.8, 4) is 0 Å². The first-order valence-corrected chi connectivity index (χ1v) is 3.73. The molecule has 0 aromatic carbocycles. The Bertz CT molecular complexity index is 129. The van der Waals surface area contributed by atoms with Crippen molar-refractivity contribution in [3.05, 3.63) is 12.3 Å². The van der Waals surface area contributed by atoms with Crippen LogP contribution in [-0.4, -0.2) is 17.9 Å². The summed E-state index contributed by atoms with van der Waals surface area (Å²) in [7, 11) is 1.78. The van der Waals surface area contributed by atoms with E-state index in [1.807, 2.05) is 26.1 Å². The fraction of sp³-hybridized carbons (Fsp3) is 0.625. The van der Waals surface area contributed by atoms with Gasteiger partial charge in [-0.25, -0.2) is 0 Å². The molecule has 0 atom stereocenters. The van der Waals surface area contributed by atoms with E-state index in [0.717, 1.165) is 6.42 Å². The van der Waals surface area contributed by atoms with Crippen LogP contribution in [-0.2, 0) is 4.79 Å². The van der Waals surface area contributed by atoms with Crippen molar-refractivity contribution in [2.75, 3.05) is 7.05 Å². The summed E-state index contributed by atoms with van der Waals surface area (Å²) in [5, 5.41) is 0. The Kier molecular flexibility index (Phi) is 4.63. The zero-order valence-corrected chi connectivity index (χ0v) is 6.92. The predicted octanol–water partition coefficient (Wildman–Crippen LogP) is 1.78. The molecule has 0 aromatic rings. The van der Waals surface area contributed by atoms with Crippen molar-refractivity contribution in [1.82, 2.24) is 4.90 Å². The molecule has 1 aliphatic heterocycles. The number of carbonyl (C=O) groups excluding carboxylic acids is 1. The van der Waals surface area contributed by atoms with Crippen LogP contribution in [0.2, 0.25) is 0 Å². The van der Waals surface area contributed by atoms with Gasteiger partial charge in [0.1, 0.15) is 0 Å². The highest BCUT2D eigenvalue weighted by Crippen LogP contribution is 2.03. The van der Waals surface area contributed by atoms with Crippen molar-refractivity contribution in [2.45, 2.75) is 26.7 Å². The van der Waals surface area contributed by atoms with Gasteiger partial charge in [0.2, 0.25) is 5.91 Å². The van der Waals surface area contributed by atoms with Gasteiger partial charge in [0.15, 0.2) is 0 Å². The molecule has 1 rings (SSSR count). The van der Waals surface area contributed by atoms with Gasteiger partial charge in [-0.1, -0.05) is 19.9 Å². The zero-order valence-electron chi connectivity index (χ0n) is 6.92. The Morgan fingerprint density at radius 2 is 2.10 bits per heavy atom. The Balaban J connectivity index is 0.000000371. The van der Waals surface area contributed by atoms with Crippen molar-refractivity contribution < 1.29 is 4.79 Å². The SMILES string of the molecule is CC.CN1C=CCCC1=O. The number of amides is 1. The first-order chi connectivity index (χ1) is 4.80. The number of carbonyl (C=O) groups is 1. The number of rotatable bonds is 0. The molecule has 0 spiro atoms. The summed E-state index contributed by atoms with van der Waals surface area (Å²) < 4.78 is 0. The van der Waals surface area contributed by atoms with Crippen LogP contribution in [0.1, 0.15) is 26.7 Å². The summed E-state index contributed by atoms with van der Waals surface area (Å²) in [6, 6.07) is 0. The van der Waals surface area contributed by atoms with E-state index >= 15 is 0 Å². The molecule has 0 unspecified atom stereocenters. The average Bonchev–Trinajstić information content (AvgIpc) is 2.00. The second kappa shape index (κ2) is 5.03. The Morgan fingerprint density at radius 1 is 1.50 bits per heavy atom. The Hall–Kier alpha value is -0.790. The summed E-state index contributed by atoms with van der Waals surface area (Å²) in [5.41, 5.74) is 0. The van der Waals surface area contributed by atoms with Crippen LogP contribution in [0.4, 0.5) is 0 Å². The standard InChI is InChI=1S/C6H9NO.C2H6/c1-7-5-3-2-4-6(7)8;1-2/h3,5H,2,4H2,1H3;1-2H3. The van der Waals surface area contributed by atoms with Crippen molar-refractivity contribution >= 4 is 5.91 Å². The average molecular weight is 141 g/mol. The van der Waals surface area contributed by atoms with Gasteiger partial charge < -0.3 is 4.90 Å². The summed E-state index contributed by atoms with van der Waals surface area (Å²) in [4.78, 5) is 12.3. The predicted molar refractivity (Wildman–Crippen MR) is 42.5 cm³/mol. The molecule has 58 valence electrons. The Labute approximate surface area is 62.5 Å². The van der Waals surface area contributed by atoms with Crippen LogP contribution >= 0.6 is 0 Å². The summed E-state index contributed by atoms with van der Waals surface area (Å²) in [6.45, 7) is 4.00. The van der Waals surface area contributed by atoms with E-state index in [9.17, 15) is 4.79 Å². The summed E-state index contributed by atoms with van der Waals surface area (Å²) in [5.74, 6) is 0.215. The number of allylic oxidation sites excluding steroid dienone is 1. The number of nitrogens with zero attached hydrogens (tertiary/aromatic N) is 1. The van der Waals surface area contributed by atoms with Gasteiger partial charge in [-0.3, -0.25) is 4.79 Å². The highest BCUT2D eigenvalue weighted by molar-refractivity contribution is 5.77. The normalized spacial score (nSPS) is 16.3. The van der Waals surface area contributed by atoms with E-state index in [0.29, 0.717) is 6.42 Å². The van der Waals surface area contributed by atoms with Crippen LogP contribution < -0.4 is 0 Å². The van der Waals surface area contributed by atoms with Gasteiger partial charge in [-0.05, 0) is 6.42 Å². The maximum Gasteiger partial charge on any atom is 0.226 e. The van der Waals surface area contributed by atoms with Gasteiger partial charge in [-0.2, -0.15) is 0 Å². The largest absolute Gasteiger partial charge is 0.322 e. The lowest BCUT2D eigenvalue weighted by molar-refractivity contribution is -0.127. The van der Waals surface area contributed by atoms with Gasteiger partial charge in [-0.15, -0.1) is 0 Å². The third-order valence-electron chi connectivity index (χ3n) is 1.25. The van der Waals surface area contributed by atoms with E-state index in [1.165, 1.54) is 0 Å². The topological polar surface area (TPSA) is 20.3 Å². The number of hydrogen-bond donors (Lipinski definition) is 0. The molecule has 0 radical (unpaired) electrons. The van der Waals surface area contributed by atoms with Crippen LogP contribution in [0.3, 0.4) is 0 Å². The molecule has 2 heteroatoms. The second-order valence-corrected chi connectivity index (χ2v) is 1.93. The molecule has 2 nitrogen and oxygen atoms in total. The van der Waals surface area contributed by atoms with Crippen LogP contribution in [0, 0.1) is 0 Å². The highest BCUT2D eigenvalue weighted by atomic mass is 16.2. The summed E-state index contributed by atoms with van der Waals surface area (Å²) in [6.07, 6.45) is 5.39. The lowest BCUT2D eigenvalue weighted by Crippen LogP contribution is -2.22. The van der Waals surface area contributed by atoms with Gasteiger partial charge in [0.25, 0.3) is 0 Å².